The van der Waals surface area contributed by atoms with Gasteiger partial charge in [-0.1, -0.05) is 0 Å². The van der Waals surface area contributed by atoms with Gasteiger partial charge in [0.25, 0.3) is 0 Å². The summed E-state index contributed by atoms with van der Waals surface area (Å²) in [5, 5.41) is 1.17. The second-order valence-electron chi connectivity index (χ2n) is 11.0. The third kappa shape index (κ3) is 10.8. The van der Waals surface area contributed by atoms with Crippen LogP contribution in [0, 0.1) is 0 Å². The summed E-state index contributed by atoms with van der Waals surface area (Å²) in [6, 6.07) is 13.7. The van der Waals surface area contributed by atoms with E-state index >= 15 is 0 Å². The van der Waals surface area contributed by atoms with Crippen molar-refractivity contribution < 1.29 is 44.2 Å². The Bertz CT molecular complexity index is 1960. The summed E-state index contributed by atoms with van der Waals surface area (Å²) in [7, 11) is 0. The third-order valence-corrected chi connectivity index (χ3v) is 12.5. The van der Waals surface area contributed by atoms with Gasteiger partial charge < -0.3 is 0 Å². The van der Waals surface area contributed by atoms with Crippen LogP contribution in [0.15, 0.2) is 67.0 Å². The Balaban J connectivity index is 0.000000294. The van der Waals surface area contributed by atoms with Gasteiger partial charge in [-0.05, 0) is 0 Å². The summed E-state index contributed by atoms with van der Waals surface area (Å²) in [6.45, 7) is 11.6. The van der Waals surface area contributed by atoms with Crippen molar-refractivity contribution in [3.05, 3.63) is 80.5 Å². The van der Waals surface area contributed by atoms with Crippen molar-refractivity contribution >= 4 is 66.0 Å². The molecule has 0 aliphatic carbocycles. The first-order valence-electron chi connectivity index (χ1n) is 15.9. The number of carbonyl (C=O) groups excluding carboxylic acids is 2. The molecule has 0 bridgehead atoms. The van der Waals surface area contributed by atoms with Gasteiger partial charge in [-0.25, -0.2) is 0 Å². The second kappa shape index (κ2) is 19.0. The molecule has 0 amide bonds. The standard InChI is InChI=1S/C17H30IN8O4.C14H18IN3O4/c1-3-7-25(4-2)11-6-5-10-8-12(14(27)29-13(10)9-11)15(28)30-18(23,24)26(16(19)20)17(21)22;1-3-18(4-2)10-6-5-9-7-11(14(20)22-15(16)17)13(19)21-12(9)8-10/h5-6,8-9,16-17H,3-4,7,19-24H2,1-2H3;5-8H,3-4,16-17H2,1-2H3/q-1;. The molecular formula is C31H48I2N11O8-. The van der Waals surface area contributed by atoms with Gasteiger partial charge in [0, 0.05) is 0 Å². The summed E-state index contributed by atoms with van der Waals surface area (Å²) in [6.07, 6.45) is -1.53. The molecule has 0 aliphatic rings. The maximum absolute atomic E-state index is 12.6. The zero-order valence-electron chi connectivity index (χ0n) is 29.3. The Labute approximate surface area is 313 Å². The Morgan fingerprint density at radius 1 is 0.731 bits per heavy atom. The summed E-state index contributed by atoms with van der Waals surface area (Å²) in [5.41, 5.74) is 22.7. The number of hydrogen-bond donors (Lipinski definition) is 8. The van der Waals surface area contributed by atoms with E-state index in [2.05, 4.69) is 16.7 Å². The van der Waals surface area contributed by atoms with Gasteiger partial charge in [0.2, 0.25) is 0 Å². The van der Waals surface area contributed by atoms with Gasteiger partial charge in [0.1, 0.15) is 0 Å². The van der Waals surface area contributed by atoms with E-state index < -0.39 is 76.2 Å². The number of hydrogen-bond acceptors (Lipinski definition) is 19. The van der Waals surface area contributed by atoms with Crippen LogP contribution >= 0.6 is 20.8 Å². The van der Waals surface area contributed by atoms with E-state index in [1.807, 2.05) is 32.9 Å². The van der Waals surface area contributed by atoms with Crippen molar-refractivity contribution in [1.29, 1.82) is 0 Å². The summed E-state index contributed by atoms with van der Waals surface area (Å²) < 4.78 is 44.0. The first-order chi connectivity index (χ1) is 24.5. The Morgan fingerprint density at radius 3 is 1.58 bits per heavy atom. The Kier molecular flexibility index (Phi) is 15.7. The molecule has 4 aromatic rings. The average Bonchev–Trinajstić information content (AvgIpc) is 3.05. The summed E-state index contributed by atoms with van der Waals surface area (Å²) in [4.78, 5) is 53.0. The molecule has 2 aromatic carbocycles. The summed E-state index contributed by atoms with van der Waals surface area (Å²) in [5.74, 6) is -1.90. The quantitative estimate of drug-likeness (QED) is 0.0282. The topological polar surface area (TPSA) is 331 Å². The van der Waals surface area contributed by atoms with E-state index in [-0.39, 0.29) is 11.1 Å². The Morgan fingerprint density at radius 2 is 1.17 bits per heavy atom. The van der Waals surface area contributed by atoms with Crippen molar-refractivity contribution in [3.63, 3.8) is 0 Å². The molecule has 2 aromatic heterocycles. The van der Waals surface area contributed by atoms with E-state index in [1.165, 1.54) is 12.1 Å². The number of halogens is 2. The minimum absolute atomic E-state index is 0.193. The van der Waals surface area contributed by atoms with Crippen molar-refractivity contribution in [3.8, 4) is 0 Å². The van der Waals surface area contributed by atoms with E-state index in [1.54, 1.807) is 24.3 Å². The van der Waals surface area contributed by atoms with Crippen LogP contribution in [0.3, 0.4) is 0 Å². The molecule has 4 rings (SSSR count). The van der Waals surface area contributed by atoms with Crippen molar-refractivity contribution in [2.24, 2.45) is 38.7 Å². The number of fused-ring (bicyclic) bond motifs is 2. The molecule has 0 spiro atoms. The number of benzene rings is 2. The molecule has 16 N–H and O–H groups in total. The van der Waals surface area contributed by atoms with Gasteiger partial charge in [-0.3, -0.25) is 0 Å². The number of nitrogens with zero attached hydrogens (tertiary/aromatic N) is 3. The van der Waals surface area contributed by atoms with Crippen LogP contribution in [0.4, 0.5) is 11.4 Å². The van der Waals surface area contributed by atoms with Crippen molar-refractivity contribution in [1.82, 2.24) is 3.11 Å². The normalized spacial score (nSPS) is 12.2. The molecule has 0 saturated heterocycles. The first kappa shape index (κ1) is 42.9. The van der Waals surface area contributed by atoms with Gasteiger partial charge >= 0.3 is 315 Å². The van der Waals surface area contributed by atoms with Crippen LogP contribution in [-0.4, -0.2) is 53.8 Å². The van der Waals surface area contributed by atoms with Crippen LogP contribution in [0.5, 0.6) is 0 Å². The molecule has 0 aliphatic heterocycles. The number of nitrogens with two attached hydrogens (primary N) is 8. The van der Waals surface area contributed by atoms with E-state index in [4.69, 9.17) is 53.7 Å². The van der Waals surface area contributed by atoms with Crippen LogP contribution in [0.25, 0.3) is 21.9 Å². The maximum atomic E-state index is 12.6. The minimum atomic E-state index is -4.53. The molecule has 0 atom stereocenters. The Hall–Kier alpha value is -3.50. The average molecular weight is 957 g/mol. The van der Waals surface area contributed by atoms with E-state index in [0.29, 0.717) is 21.9 Å². The monoisotopic (exact) mass is 956 g/mol. The van der Waals surface area contributed by atoms with E-state index in [9.17, 15) is 19.2 Å². The summed E-state index contributed by atoms with van der Waals surface area (Å²) >= 11 is -7.24. The van der Waals surface area contributed by atoms with Crippen LogP contribution in [-0.2, 0) is 6.13 Å². The zero-order valence-corrected chi connectivity index (χ0v) is 33.6. The van der Waals surface area contributed by atoms with Crippen LogP contribution in [0.2, 0.25) is 0 Å². The fraction of sp³-hybridized carbons (Fsp3) is 0.355. The molecule has 0 radical (unpaired) electrons. The molecular weight excluding hydrogens is 908 g/mol. The van der Waals surface area contributed by atoms with Crippen LogP contribution < -0.4 is 79.4 Å². The zero-order chi connectivity index (χ0) is 38.9. The number of rotatable bonds is 14. The molecule has 21 heteroatoms. The van der Waals surface area contributed by atoms with Gasteiger partial charge in [-0.2, -0.15) is 0 Å². The number of carbonyl (C=O) groups is 2. The fourth-order valence-electron chi connectivity index (χ4n) is 5.07. The molecule has 0 saturated carbocycles. The molecule has 0 fully saturated rings. The third-order valence-electron chi connectivity index (χ3n) is 7.48. The molecule has 290 valence electrons. The first-order valence-corrected chi connectivity index (χ1v) is 23.6. The van der Waals surface area contributed by atoms with Crippen LogP contribution in [0.1, 0.15) is 54.8 Å². The predicted molar refractivity (Wildman–Crippen MR) is 204 cm³/mol. The van der Waals surface area contributed by atoms with Gasteiger partial charge in [0.05, 0.1) is 0 Å². The second-order valence-corrected chi connectivity index (χ2v) is 18.0. The molecule has 0 unspecified atom stereocenters. The number of anilines is 2. The van der Waals surface area contributed by atoms with Gasteiger partial charge in [-0.15, -0.1) is 0 Å². The SMILES string of the molecule is CCCN(CC)c1ccc2cc(C(=O)O[I-](N)(N)N(C(N)N)C(N)N)c(=O)oc2c1.CCN(CC)c1ccc2cc(C(=O)OI(N)N)c(=O)oc2c1. The van der Waals surface area contributed by atoms with Gasteiger partial charge in [0.15, 0.2) is 0 Å². The van der Waals surface area contributed by atoms with E-state index in [0.717, 1.165) is 47.1 Å². The molecule has 19 nitrogen and oxygen atoms in total. The van der Waals surface area contributed by atoms with Crippen molar-refractivity contribution in [2.45, 2.75) is 46.7 Å². The predicted octanol–water partition coefficient (Wildman–Crippen LogP) is -2.41. The molecule has 52 heavy (non-hydrogen) atoms. The van der Waals surface area contributed by atoms with Crippen molar-refractivity contribution in [2.75, 3.05) is 36.0 Å². The molecule has 2 heterocycles. The fourth-order valence-corrected chi connectivity index (χ4v) is 8.89.